The molecule has 16 heteroatoms. The Morgan fingerprint density at radius 2 is 1.61 bits per heavy atom. The maximum atomic E-state index is 13.0. The highest BCUT2D eigenvalue weighted by Gasteiger charge is 2.58. The van der Waals surface area contributed by atoms with Gasteiger partial charge in [-0.25, -0.2) is 0 Å². The van der Waals surface area contributed by atoms with Gasteiger partial charge in [0, 0.05) is 37.5 Å². The van der Waals surface area contributed by atoms with E-state index in [1.165, 1.54) is 0 Å². The van der Waals surface area contributed by atoms with Crippen LogP contribution in [0.2, 0.25) is 0 Å². The lowest BCUT2D eigenvalue weighted by Crippen LogP contribution is -2.66. The number of ether oxygens (including phenoxy) is 4. The summed E-state index contributed by atoms with van der Waals surface area (Å²) in [5.74, 6) is -0.772. The number of aliphatic hydroxyl groups excluding tert-OH is 4. The standard InChI is InChI=1S/C28H52N6O10/c29-8-14-1-2-16(34-9-11-3-13(30)4-11)26(41-14)44-25-15(31)5-12(6-19(36)28(40)7-18(28)32)24(23(25)39)43-27-22(38)20(33)21(37)17(10-35)42-27/h11-18,20-27,34-35,37-40H,1-10,29-33H2/t11?,12-,13?,14-,15-,16+,17+,18?,20-,21+,22+,23+,24-,25?,26+,27+,28?/m0/s1. The molecule has 0 aromatic heterocycles. The van der Waals surface area contributed by atoms with Crippen LogP contribution in [0.5, 0.6) is 0 Å². The molecular formula is C28H52N6O10. The lowest BCUT2D eigenvalue weighted by Gasteiger charge is -2.48. The Morgan fingerprint density at radius 3 is 2.23 bits per heavy atom. The maximum Gasteiger partial charge on any atom is 0.186 e. The largest absolute Gasteiger partial charge is 0.394 e. The summed E-state index contributed by atoms with van der Waals surface area (Å²) in [7, 11) is 0. The number of hydrogen-bond donors (Lipinski definition) is 11. The van der Waals surface area contributed by atoms with Gasteiger partial charge in [0.1, 0.15) is 36.1 Å². The molecule has 0 spiro atoms. The number of carbonyl (C=O) groups excluding carboxylic acids is 1. The minimum atomic E-state index is -1.65. The van der Waals surface area contributed by atoms with Crippen LogP contribution in [0.25, 0.3) is 0 Å². The van der Waals surface area contributed by atoms with Gasteiger partial charge in [-0.2, -0.15) is 0 Å². The van der Waals surface area contributed by atoms with Crippen LogP contribution >= 0.6 is 0 Å². The fraction of sp³-hybridized carbons (Fsp3) is 0.964. The Balaban J connectivity index is 1.33. The molecule has 2 saturated heterocycles. The fourth-order valence-electron chi connectivity index (χ4n) is 7.08. The topological polar surface area (TPSA) is 297 Å². The number of rotatable bonds is 12. The summed E-state index contributed by atoms with van der Waals surface area (Å²) in [5.41, 5.74) is 28.6. The van der Waals surface area contributed by atoms with Crippen LogP contribution in [-0.4, -0.2) is 142 Å². The van der Waals surface area contributed by atoms with Crippen molar-refractivity contribution < 1.29 is 49.3 Å². The molecule has 0 aromatic rings. The molecule has 2 aliphatic heterocycles. The SMILES string of the molecule is NC[C@@H]1CC[C@@H](NCC2CC(N)C2)[C@@H](OC2[C@@H](N)C[C@@H](CC(=O)C3(O)CC3N)[C@H](O[C@H]3O[C@H](CO)[C@@H](O)[C@H](N)[C@H]3O)[C@H]2O)O1. The molecule has 5 aliphatic rings. The molecule has 15 atom stereocenters. The lowest BCUT2D eigenvalue weighted by atomic mass is 9.76. The molecule has 5 rings (SSSR count). The fourth-order valence-corrected chi connectivity index (χ4v) is 7.08. The van der Waals surface area contributed by atoms with E-state index in [0.29, 0.717) is 12.5 Å². The summed E-state index contributed by atoms with van der Waals surface area (Å²) in [6.07, 6.45) is -6.77. The van der Waals surface area contributed by atoms with Gasteiger partial charge in [-0.1, -0.05) is 0 Å². The second kappa shape index (κ2) is 14.0. The van der Waals surface area contributed by atoms with Gasteiger partial charge in [0.05, 0.1) is 30.9 Å². The average molecular weight is 633 g/mol. The van der Waals surface area contributed by atoms with E-state index in [-0.39, 0.29) is 37.5 Å². The summed E-state index contributed by atoms with van der Waals surface area (Å²) >= 11 is 0. The molecule has 2 heterocycles. The first-order valence-electron chi connectivity index (χ1n) is 15.8. The van der Waals surface area contributed by atoms with E-state index in [9.17, 15) is 30.3 Å². The molecule has 0 radical (unpaired) electrons. The lowest BCUT2D eigenvalue weighted by molar-refractivity contribution is -0.318. The minimum Gasteiger partial charge on any atom is -0.394 e. The number of nitrogens with two attached hydrogens (primary N) is 5. The third kappa shape index (κ3) is 7.14. The Morgan fingerprint density at radius 1 is 0.932 bits per heavy atom. The summed E-state index contributed by atoms with van der Waals surface area (Å²) in [5, 5.41) is 56.6. The van der Waals surface area contributed by atoms with Gasteiger partial charge in [-0.15, -0.1) is 0 Å². The van der Waals surface area contributed by atoms with Crippen molar-refractivity contribution in [3.05, 3.63) is 0 Å². The summed E-state index contributed by atoms with van der Waals surface area (Å²) in [4.78, 5) is 13.0. The molecule has 0 bridgehead atoms. The van der Waals surface area contributed by atoms with E-state index in [0.717, 1.165) is 32.2 Å². The van der Waals surface area contributed by atoms with Crippen LogP contribution in [0.3, 0.4) is 0 Å². The average Bonchev–Trinajstić information content (AvgIpc) is 3.61. The monoisotopic (exact) mass is 632 g/mol. The zero-order valence-corrected chi connectivity index (χ0v) is 25.0. The van der Waals surface area contributed by atoms with Crippen molar-refractivity contribution in [1.82, 2.24) is 5.32 Å². The van der Waals surface area contributed by atoms with Crippen LogP contribution in [0.4, 0.5) is 0 Å². The first-order valence-corrected chi connectivity index (χ1v) is 15.8. The van der Waals surface area contributed by atoms with Gasteiger partial charge >= 0.3 is 0 Å². The second-order valence-electron chi connectivity index (χ2n) is 13.5. The van der Waals surface area contributed by atoms with E-state index in [1.807, 2.05) is 0 Å². The molecular weight excluding hydrogens is 580 g/mol. The number of aliphatic hydroxyl groups is 5. The van der Waals surface area contributed by atoms with Crippen molar-refractivity contribution in [3.8, 4) is 0 Å². The van der Waals surface area contributed by atoms with Crippen LogP contribution in [-0.2, 0) is 23.7 Å². The number of carbonyl (C=O) groups is 1. The van der Waals surface area contributed by atoms with Crippen molar-refractivity contribution >= 4 is 5.78 Å². The first kappa shape index (κ1) is 34.4. The van der Waals surface area contributed by atoms with Crippen LogP contribution in [0.1, 0.15) is 44.9 Å². The number of nitrogens with one attached hydrogen (secondary N) is 1. The Hall–Kier alpha value is -0.930. The van der Waals surface area contributed by atoms with Gasteiger partial charge < -0.3 is 78.5 Å². The summed E-state index contributed by atoms with van der Waals surface area (Å²) in [6, 6.07) is -2.64. The van der Waals surface area contributed by atoms with E-state index in [4.69, 9.17) is 47.6 Å². The second-order valence-corrected chi connectivity index (χ2v) is 13.5. The van der Waals surface area contributed by atoms with Gasteiger partial charge in [0.25, 0.3) is 0 Å². The normalized spacial score (nSPS) is 51.0. The molecule has 3 aliphatic carbocycles. The van der Waals surface area contributed by atoms with Crippen molar-refractivity contribution in [3.63, 3.8) is 0 Å². The molecule has 0 aromatic carbocycles. The number of ketones is 1. The predicted octanol–water partition coefficient (Wildman–Crippen LogP) is -5.19. The highest BCUT2D eigenvalue weighted by Crippen LogP contribution is 2.41. The van der Waals surface area contributed by atoms with E-state index in [2.05, 4.69) is 5.32 Å². The quantitative estimate of drug-likeness (QED) is 0.0958. The van der Waals surface area contributed by atoms with Crippen LogP contribution < -0.4 is 34.0 Å². The Kier molecular flexibility index (Phi) is 11.0. The number of hydrogen-bond acceptors (Lipinski definition) is 16. The third-order valence-electron chi connectivity index (χ3n) is 10.2. The smallest absolute Gasteiger partial charge is 0.186 e. The summed E-state index contributed by atoms with van der Waals surface area (Å²) in [6.45, 7) is 0.435. The Labute approximate surface area is 256 Å². The third-order valence-corrected chi connectivity index (χ3v) is 10.2. The molecule has 44 heavy (non-hydrogen) atoms. The number of Topliss-reactive ketones (excluding diaryl/α,β-unsaturated/α-hetero) is 1. The predicted molar refractivity (Wildman–Crippen MR) is 154 cm³/mol. The van der Waals surface area contributed by atoms with E-state index in [1.54, 1.807) is 0 Å². The van der Waals surface area contributed by atoms with Gasteiger partial charge in [-0.3, -0.25) is 4.79 Å². The zero-order valence-electron chi connectivity index (χ0n) is 25.0. The van der Waals surface area contributed by atoms with Crippen molar-refractivity contribution in [2.45, 2.75) is 136 Å². The van der Waals surface area contributed by atoms with Crippen molar-refractivity contribution in [1.29, 1.82) is 0 Å². The highest BCUT2D eigenvalue weighted by atomic mass is 16.7. The van der Waals surface area contributed by atoms with Crippen LogP contribution in [0, 0.1) is 11.8 Å². The van der Waals surface area contributed by atoms with Crippen molar-refractivity contribution in [2.75, 3.05) is 19.7 Å². The molecule has 3 unspecified atom stereocenters. The van der Waals surface area contributed by atoms with Gasteiger partial charge in [-0.05, 0) is 50.5 Å². The molecule has 5 fully saturated rings. The van der Waals surface area contributed by atoms with E-state index >= 15 is 0 Å². The highest BCUT2D eigenvalue weighted by molar-refractivity contribution is 5.91. The van der Waals surface area contributed by atoms with E-state index < -0.39 is 91.2 Å². The zero-order chi connectivity index (χ0) is 31.9. The van der Waals surface area contributed by atoms with Gasteiger partial charge in [0.2, 0.25) is 0 Å². The summed E-state index contributed by atoms with van der Waals surface area (Å²) < 4.78 is 24.3. The first-order chi connectivity index (χ1) is 20.9. The molecule has 16 nitrogen and oxygen atoms in total. The Bertz CT molecular complexity index is 979. The van der Waals surface area contributed by atoms with Gasteiger partial charge in [0.15, 0.2) is 18.4 Å². The minimum absolute atomic E-state index is 0.127. The maximum absolute atomic E-state index is 13.0. The van der Waals surface area contributed by atoms with Crippen LogP contribution in [0.15, 0.2) is 0 Å². The molecule has 0 amide bonds. The van der Waals surface area contributed by atoms with Crippen molar-refractivity contribution in [2.24, 2.45) is 40.5 Å². The molecule has 254 valence electrons. The molecule has 3 saturated carbocycles. The molecule has 16 N–H and O–H groups in total.